The predicted octanol–water partition coefficient (Wildman–Crippen LogP) is 5.20. The fourth-order valence-electron chi connectivity index (χ4n) is 2.92. The molecule has 3 aromatic rings. The van der Waals surface area contributed by atoms with Gasteiger partial charge in [0.05, 0.1) is 33.1 Å². The summed E-state index contributed by atoms with van der Waals surface area (Å²) >= 11 is 12.1. The number of benzene rings is 3. The van der Waals surface area contributed by atoms with E-state index in [1.165, 1.54) is 30.3 Å². The number of sulfonamides is 1. The van der Waals surface area contributed by atoms with Crippen LogP contribution in [0, 0.1) is 18.3 Å². The van der Waals surface area contributed by atoms with Crippen molar-refractivity contribution in [2.75, 3.05) is 16.2 Å². The van der Waals surface area contributed by atoms with Gasteiger partial charge in [-0.2, -0.15) is 5.26 Å². The molecule has 3 aromatic carbocycles. The highest BCUT2D eigenvalue weighted by molar-refractivity contribution is 7.92. The molecule has 164 valence electrons. The number of anilines is 2. The van der Waals surface area contributed by atoms with Crippen LogP contribution in [0.3, 0.4) is 0 Å². The molecule has 9 heteroatoms. The number of nitrogens with one attached hydrogen (secondary N) is 1. The van der Waals surface area contributed by atoms with Crippen molar-refractivity contribution in [2.24, 2.45) is 0 Å². The minimum atomic E-state index is -4.07. The molecule has 0 fully saturated rings. The molecule has 0 unspecified atom stereocenters. The Labute approximate surface area is 197 Å². The standard InChI is InChI=1S/C23H19Cl2N3O3S/c1-16-2-9-20(10-3-16)32(30,31)28(19-8-11-21(24)22(25)14-19)15-23(29)27-18-6-4-17(5-7-18)12-13-26/h2-11,14H,12,15H2,1H3,(H,27,29). The van der Waals surface area contributed by atoms with Crippen molar-refractivity contribution in [2.45, 2.75) is 18.2 Å². The lowest BCUT2D eigenvalue weighted by molar-refractivity contribution is -0.114. The Morgan fingerprint density at radius 3 is 2.25 bits per heavy atom. The van der Waals surface area contributed by atoms with Gasteiger partial charge >= 0.3 is 0 Å². The lowest BCUT2D eigenvalue weighted by Gasteiger charge is -2.24. The number of rotatable bonds is 7. The van der Waals surface area contributed by atoms with E-state index in [1.54, 1.807) is 36.4 Å². The van der Waals surface area contributed by atoms with Gasteiger partial charge in [0.1, 0.15) is 6.54 Å². The van der Waals surface area contributed by atoms with E-state index in [2.05, 4.69) is 11.4 Å². The fourth-order valence-corrected chi connectivity index (χ4v) is 4.63. The fraction of sp³-hybridized carbons (Fsp3) is 0.130. The van der Waals surface area contributed by atoms with Crippen molar-refractivity contribution >= 4 is 50.5 Å². The zero-order chi connectivity index (χ0) is 23.3. The molecule has 3 rings (SSSR count). The third-order valence-electron chi connectivity index (χ3n) is 4.61. The number of nitrogens with zero attached hydrogens (tertiary/aromatic N) is 2. The lowest BCUT2D eigenvalue weighted by Crippen LogP contribution is -2.38. The zero-order valence-electron chi connectivity index (χ0n) is 17.0. The number of halogens is 2. The summed E-state index contributed by atoms with van der Waals surface area (Å²) in [6.45, 7) is 1.37. The molecule has 32 heavy (non-hydrogen) atoms. The monoisotopic (exact) mass is 487 g/mol. The number of carbonyl (C=O) groups is 1. The van der Waals surface area contributed by atoms with E-state index >= 15 is 0 Å². The first-order valence-corrected chi connectivity index (χ1v) is 11.7. The molecule has 0 atom stereocenters. The van der Waals surface area contributed by atoms with Crippen LogP contribution in [0.4, 0.5) is 11.4 Å². The molecule has 0 aromatic heterocycles. The molecular formula is C23H19Cl2N3O3S. The first-order chi connectivity index (χ1) is 15.2. The van der Waals surface area contributed by atoms with Crippen LogP contribution in [0.1, 0.15) is 11.1 Å². The number of hydrogen-bond acceptors (Lipinski definition) is 4. The summed E-state index contributed by atoms with van der Waals surface area (Å²) in [5.74, 6) is -0.542. The first kappa shape index (κ1) is 23.6. The average molecular weight is 488 g/mol. The second-order valence-electron chi connectivity index (χ2n) is 7.00. The summed E-state index contributed by atoms with van der Waals surface area (Å²) in [4.78, 5) is 12.8. The highest BCUT2D eigenvalue weighted by atomic mass is 35.5. The van der Waals surface area contributed by atoms with Gasteiger partial charge in [-0.3, -0.25) is 9.10 Å². The summed E-state index contributed by atoms with van der Waals surface area (Å²) < 4.78 is 27.8. The van der Waals surface area contributed by atoms with Crippen molar-refractivity contribution in [1.29, 1.82) is 5.26 Å². The van der Waals surface area contributed by atoms with Crippen LogP contribution in [-0.4, -0.2) is 20.9 Å². The largest absolute Gasteiger partial charge is 0.325 e. The van der Waals surface area contributed by atoms with E-state index in [4.69, 9.17) is 28.5 Å². The third kappa shape index (κ3) is 5.60. The lowest BCUT2D eigenvalue weighted by atomic mass is 10.1. The topological polar surface area (TPSA) is 90.3 Å². The Kier molecular flexibility index (Phi) is 7.41. The molecule has 0 aliphatic carbocycles. The van der Waals surface area contributed by atoms with Gasteiger partial charge in [-0.1, -0.05) is 53.0 Å². The van der Waals surface area contributed by atoms with Gasteiger partial charge in [-0.15, -0.1) is 0 Å². The summed E-state index contributed by atoms with van der Waals surface area (Å²) in [7, 11) is -4.07. The van der Waals surface area contributed by atoms with Crippen molar-refractivity contribution in [3.8, 4) is 6.07 Å². The highest BCUT2D eigenvalue weighted by Crippen LogP contribution is 2.30. The van der Waals surface area contributed by atoms with Crippen molar-refractivity contribution in [3.05, 3.63) is 87.9 Å². The molecule has 0 saturated carbocycles. The van der Waals surface area contributed by atoms with Crippen molar-refractivity contribution in [1.82, 2.24) is 0 Å². The van der Waals surface area contributed by atoms with Gasteiger partial charge in [-0.05, 0) is 55.0 Å². The minimum Gasteiger partial charge on any atom is -0.325 e. The average Bonchev–Trinajstić information content (AvgIpc) is 2.76. The Morgan fingerprint density at radius 2 is 1.66 bits per heavy atom. The van der Waals surface area contributed by atoms with Crippen molar-refractivity contribution in [3.63, 3.8) is 0 Å². The van der Waals surface area contributed by atoms with Gasteiger partial charge in [0.2, 0.25) is 5.91 Å². The van der Waals surface area contributed by atoms with Crippen LogP contribution in [0.5, 0.6) is 0 Å². The van der Waals surface area contributed by atoms with E-state index < -0.39 is 22.5 Å². The SMILES string of the molecule is Cc1ccc(S(=O)(=O)N(CC(=O)Nc2ccc(CC#N)cc2)c2ccc(Cl)c(Cl)c2)cc1. The summed E-state index contributed by atoms with van der Waals surface area (Å²) in [5.41, 5.74) is 2.41. The zero-order valence-corrected chi connectivity index (χ0v) is 19.4. The van der Waals surface area contributed by atoms with Crippen LogP contribution < -0.4 is 9.62 Å². The van der Waals surface area contributed by atoms with Crippen LogP contribution >= 0.6 is 23.2 Å². The first-order valence-electron chi connectivity index (χ1n) is 9.51. The van der Waals surface area contributed by atoms with E-state index in [9.17, 15) is 13.2 Å². The second-order valence-corrected chi connectivity index (χ2v) is 9.68. The van der Waals surface area contributed by atoms with Crippen LogP contribution in [-0.2, 0) is 21.2 Å². The van der Waals surface area contributed by atoms with Crippen LogP contribution in [0.15, 0.2) is 71.6 Å². The normalized spacial score (nSPS) is 10.9. The third-order valence-corrected chi connectivity index (χ3v) is 7.14. The molecule has 1 N–H and O–H groups in total. The maximum Gasteiger partial charge on any atom is 0.264 e. The Morgan fingerprint density at radius 1 is 1.00 bits per heavy atom. The van der Waals surface area contributed by atoms with Crippen LogP contribution in [0.25, 0.3) is 0 Å². The molecular weight excluding hydrogens is 469 g/mol. The molecule has 0 radical (unpaired) electrons. The van der Waals surface area contributed by atoms with Gasteiger partial charge < -0.3 is 5.32 Å². The molecule has 0 bridgehead atoms. The quantitative estimate of drug-likeness (QED) is 0.495. The summed E-state index contributed by atoms with van der Waals surface area (Å²) in [6.07, 6.45) is 0.258. The Hall–Kier alpha value is -3.05. The van der Waals surface area contributed by atoms with Gasteiger partial charge in [0.25, 0.3) is 10.0 Å². The molecule has 0 spiro atoms. The minimum absolute atomic E-state index is 0.0443. The Balaban J connectivity index is 1.91. The highest BCUT2D eigenvalue weighted by Gasteiger charge is 2.27. The number of aryl methyl sites for hydroxylation is 1. The molecule has 0 saturated heterocycles. The second kappa shape index (κ2) is 10.0. The maximum atomic E-state index is 13.4. The number of amides is 1. The van der Waals surface area contributed by atoms with Crippen molar-refractivity contribution < 1.29 is 13.2 Å². The molecule has 0 aliphatic rings. The molecule has 6 nitrogen and oxygen atoms in total. The van der Waals surface area contributed by atoms with E-state index in [-0.39, 0.29) is 27.0 Å². The van der Waals surface area contributed by atoms with Crippen LogP contribution in [0.2, 0.25) is 10.0 Å². The van der Waals surface area contributed by atoms with E-state index in [0.717, 1.165) is 15.4 Å². The van der Waals surface area contributed by atoms with E-state index in [0.29, 0.717) is 5.69 Å². The number of carbonyl (C=O) groups excluding carboxylic acids is 1. The molecule has 1 amide bonds. The smallest absolute Gasteiger partial charge is 0.264 e. The van der Waals surface area contributed by atoms with Gasteiger partial charge in [0.15, 0.2) is 0 Å². The van der Waals surface area contributed by atoms with Gasteiger partial charge in [0, 0.05) is 5.69 Å². The van der Waals surface area contributed by atoms with E-state index in [1.807, 2.05) is 6.92 Å². The molecule has 0 heterocycles. The summed E-state index contributed by atoms with van der Waals surface area (Å²) in [5, 5.41) is 11.9. The number of hydrogen-bond donors (Lipinski definition) is 1. The Bertz CT molecular complexity index is 1270. The predicted molar refractivity (Wildman–Crippen MR) is 127 cm³/mol. The number of nitriles is 1. The van der Waals surface area contributed by atoms with Gasteiger partial charge in [-0.25, -0.2) is 8.42 Å². The molecule has 0 aliphatic heterocycles. The summed E-state index contributed by atoms with van der Waals surface area (Å²) in [6, 6.07) is 19.5. The maximum absolute atomic E-state index is 13.4.